The SMILES string of the molecule is c1ccc(-c2cc(-c3ccccc3)cc(-c3cccc(-c4ccc5c6ccc(-c7ccc8c9cc(-n%10c%11ccccc%11c%11cc(-c%12ccc%13c(c%12)c%12ccccc%12n%13-c%12ccccc%12)ccc%11%10)ccc9n(-c9ccc(-c%10cccc(-c%11nc(-c%12ccccc%12)nc(-c%12cccc(-c%13cccc(-c%14ccc%15c%16ccccc%16c%16ccccc%16c%15c%14)c%13)c%12)n%11)c%10)cc9)c8c7)cc6c6ccccc6c5c4)c3)c2)cc1. The molecule has 0 bridgehead atoms. The first kappa shape index (κ1) is 80.7. The van der Waals surface area contributed by atoms with Gasteiger partial charge in [-0.05, 0) is 310 Å². The van der Waals surface area contributed by atoms with Gasteiger partial charge in [0.05, 0.1) is 33.1 Å². The molecule has 0 amide bonds. The maximum absolute atomic E-state index is 5.39. The summed E-state index contributed by atoms with van der Waals surface area (Å²) in [4.78, 5) is 15.9. The van der Waals surface area contributed by atoms with Crippen LogP contribution >= 0.6 is 0 Å². The van der Waals surface area contributed by atoms with E-state index < -0.39 is 0 Å². The van der Waals surface area contributed by atoms with Gasteiger partial charge in [-0.1, -0.05) is 364 Å². The molecule has 0 saturated heterocycles. The van der Waals surface area contributed by atoms with Crippen molar-refractivity contribution >= 4 is 130 Å². The minimum Gasteiger partial charge on any atom is -0.309 e. The first-order valence-electron chi connectivity index (χ1n) is 48.4. The second-order valence-corrected chi connectivity index (χ2v) is 37.3. The van der Waals surface area contributed by atoms with Crippen LogP contribution in [0.15, 0.2) is 510 Å². The maximum Gasteiger partial charge on any atom is 0.164 e. The first-order chi connectivity index (χ1) is 69.8. The summed E-state index contributed by atoms with van der Waals surface area (Å²) in [6.07, 6.45) is 0. The van der Waals surface area contributed by atoms with Gasteiger partial charge in [-0.15, -0.1) is 0 Å². The van der Waals surface area contributed by atoms with E-state index in [1.54, 1.807) is 0 Å². The molecule has 0 unspecified atom stereocenters. The van der Waals surface area contributed by atoms with Gasteiger partial charge in [0.15, 0.2) is 17.5 Å². The molecular formula is C135H84N6. The smallest absolute Gasteiger partial charge is 0.164 e. The van der Waals surface area contributed by atoms with Crippen molar-refractivity contribution in [3.8, 4) is 151 Å². The maximum atomic E-state index is 5.39. The number of hydrogen-bond donors (Lipinski definition) is 0. The average molecular weight is 1790 g/mol. The highest BCUT2D eigenvalue weighted by Crippen LogP contribution is 2.48. The van der Waals surface area contributed by atoms with E-state index in [1.165, 1.54) is 158 Å². The van der Waals surface area contributed by atoms with E-state index in [1.807, 2.05) is 18.2 Å². The number of para-hydroxylation sites is 3. The molecule has 0 N–H and O–H groups in total. The van der Waals surface area contributed by atoms with Crippen LogP contribution in [0.1, 0.15) is 0 Å². The van der Waals surface area contributed by atoms with Gasteiger partial charge in [0.2, 0.25) is 0 Å². The zero-order valence-corrected chi connectivity index (χ0v) is 76.7. The van der Waals surface area contributed by atoms with E-state index in [2.05, 4.69) is 505 Å². The lowest BCUT2D eigenvalue weighted by atomic mass is 9.89. The Morgan fingerprint density at radius 3 is 0.752 bits per heavy atom. The molecule has 0 aliphatic heterocycles. The Balaban J connectivity index is 0.545. The summed E-state index contributed by atoms with van der Waals surface area (Å²) in [5.41, 5.74) is 33.5. The summed E-state index contributed by atoms with van der Waals surface area (Å²) in [5.74, 6) is 1.78. The van der Waals surface area contributed by atoms with E-state index >= 15 is 0 Å². The van der Waals surface area contributed by atoms with E-state index in [0.717, 1.165) is 106 Å². The van der Waals surface area contributed by atoms with Crippen LogP contribution in [-0.4, -0.2) is 28.7 Å². The van der Waals surface area contributed by atoms with Crippen molar-refractivity contribution in [2.24, 2.45) is 0 Å². The molecular weight excluding hydrogens is 1710 g/mol. The van der Waals surface area contributed by atoms with Crippen LogP contribution < -0.4 is 0 Å². The summed E-state index contributed by atoms with van der Waals surface area (Å²) in [6, 6.07) is 187. The quantitative estimate of drug-likeness (QED) is 0.0961. The van der Waals surface area contributed by atoms with Crippen molar-refractivity contribution in [3.05, 3.63) is 510 Å². The second kappa shape index (κ2) is 33.1. The number of aromatic nitrogens is 6. The van der Waals surface area contributed by atoms with Gasteiger partial charge in [0.1, 0.15) is 0 Å². The molecule has 0 aliphatic rings. The summed E-state index contributed by atoms with van der Waals surface area (Å²) >= 11 is 0. The molecule has 28 rings (SSSR count). The lowest BCUT2D eigenvalue weighted by Gasteiger charge is -2.15. The Morgan fingerprint density at radius 1 is 0.0993 bits per heavy atom. The highest BCUT2D eigenvalue weighted by atomic mass is 15.0. The van der Waals surface area contributed by atoms with Crippen LogP contribution in [0.3, 0.4) is 0 Å². The van der Waals surface area contributed by atoms with Crippen molar-refractivity contribution in [2.45, 2.75) is 0 Å². The molecule has 4 aromatic heterocycles. The summed E-state index contributed by atoms with van der Waals surface area (Å²) in [6.45, 7) is 0. The molecule has 28 aromatic rings. The molecule has 0 saturated carbocycles. The zero-order valence-electron chi connectivity index (χ0n) is 76.7. The molecule has 24 aromatic carbocycles. The van der Waals surface area contributed by atoms with Crippen LogP contribution in [0.5, 0.6) is 0 Å². The number of nitrogens with zero attached hydrogens (tertiary/aromatic N) is 6. The van der Waals surface area contributed by atoms with Crippen molar-refractivity contribution in [1.29, 1.82) is 0 Å². The molecule has 0 spiro atoms. The predicted octanol–water partition coefficient (Wildman–Crippen LogP) is 36.1. The minimum absolute atomic E-state index is 0.588. The molecule has 0 aliphatic carbocycles. The molecule has 141 heavy (non-hydrogen) atoms. The highest BCUT2D eigenvalue weighted by Gasteiger charge is 2.24. The summed E-state index contributed by atoms with van der Waals surface area (Å²) in [5, 5.41) is 22.1. The van der Waals surface area contributed by atoms with E-state index in [9.17, 15) is 0 Å². The van der Waals surface area contributed by atoms with E-state index in [0.29, 0.717) is 17.5 Å². The van der Waals surface area contributed by atoms with Crippen molar-refractivity contribution in [1.82, 2.24) is 28.7 Å². The fraction of sp³-hybridized carbons (Fsp3) is 0. The lowest BCUT2D eigenvalue weighted by molar-refractivity contribution is 1.07. The predicted molar refractivity (Wildman–Crippen MR) is 593 cm³/mol. The van der Waals surface area contributed by atoms with Gasteiger partial charge < -0.3 is 13.7 Å². The normalized spacial score (nSPS) is 11.8. The van der Waals surface area contributed by atoms with Gasteiger partial charge in [-0.25, -0.2) is 15.0 Å². The lowest BCUT2D eigenvalue weighted by Crippen LogP contribution is -2.00. The standard InChI is InChI=1S/C135H84N6/c1-5-27-85(28-6-1)103-75-104(86-29-7-2-8-30-86)77-105(76-103)94-38-24-36-92(72-94)96-56-65-116-117-66-57-97(80-123(117)114-48-18-17-47-113(114)122(116)79-96)100-58-67-120-126-84-108(141-128-52-22-20-50-119(128)125-82-99(60-69-130(125)141)98-59-68-129-124(81-98)118-49-19-21-51-127(118)139(129)106-41-11-4-12-42-106)63-70-131(126)140(132(120)83-100)107-61-53-87(54-62-107)89-33-25-39-101(73-89)134-136-133(88-31-9-3-10-32-88)137-135(138-134)102-40-26-37-93(74-102)90-34-23-35-91(71-90)95-55-64-115-111-45-14-13-43-109(111)110-44-15-16-46-112(110)121(115)78-95/h1-84H. The number of fused-ring (bicyclic) bond motifs is 21. The Labute approximate surface area is 813 Å². The minimum atomic E-state index is 0.588. The number of rotatable bonds is 15. The van der Waals surface area contributed by atoms with E-state index in [-0.39, 0.29) is 0 Å². The molecule has 0 radical (unpaired) electrons. The Morgan fingerprint density at radius 2 is 0.319 bits per heavy atom. The Hall–Kier alpha value is -18.8. The molecule has 6 nitrogen and oxygen atoms in total. The molecule has 0 atom stereocenters. The van der Waals surface area contributed by atoms with Gasteiger partial charge >= 0.3 is 0 Å². The third-order valence-electron chi connectivity index (χ3n) is 29.2. The Kier molecular flexibility index (Phi) is 18.9. The topological polar surface area (TPSA) is 53.5 Å². The second-order valence-electron chi connectivity index (χ2n) is 37.3. The third-order valence-corrected chi connectivity index (χ3v) is 29.2. The molecule has 654 valence electrons. The van der Waals surface area contributed by atoms with Gasteiger partial charge in [0, 0.05) is 66.1 Å². The highest BCUT2D eigenvalue weighted by molar-refractivity contribution is 6.28. The van der Waals surface area contributed by atoms with Crippen LogP contribution in [0, 0.1) is 0 Å². The third kappa shape index (κ3) is 13.8. The Bertz CT molecular complexity index is 9870. The zero-order chi connectivity index (χ0) is 92.7. The summed E-state index contributed by atoms with van der Waals surface area (Å²) < 4.78 is 7.33. The molecule has 0 fully saturated rings. The van der Waals surface area contributed by atoms with Gasteiger partial charge in [0.25, 0.3) is 0 Å². The van der Waals surface area contributed by atoms with Crippen molar-refractivity contribution in [3.63, 3.8) is 0 Å². The van der Waals surface area contributed by atoms with E-state index in [4.69, 9.17) is 15.0 Å². The fourth-order valence-corrected chi connectivity index (χ4v) is 22.4. The fourth-order valence-electron chi connectivity index (χ4n) is 22.4. The molecule has 6 heteroatoms. The summed E-state index contributed by atoms with van der Waals surface area (Å²) in [7, 11) is 0. The van der Waals surface area contributed by atoms with Crippen LogP contribution in [0.2, 0.25) is 0 Å². The molecule has 4 heterocycles. The van der Waals surface area contributed by atoms with Gasteiger partial charge in [-0.2, -0.15) is 0 Å². The first-order valence-corrected chi connectivity index (χ1v) is 48.4. The average Bonchev–Trinajstić information content (AvgIpc) is 1.68. The van der Waals surface area contributed by atoms with Gasteiger partial charge in [-0.3, -0.25) is 0 Å². The van der Waals surface area contributed by atoms with Crippen LogP contribution in [0.25, 0.3) is 281 Å². The van der Waals surface area contributed by atoms with Crippen molar-refractivity contribution < 1.29 is 0 Å². The monoisotopic (exact) mass is 1790 g/mol. The van der Waals surface area contributed by atoms with Crippen LogP contribution in [-0.2, 0) is 0 Å². The largest absolute Gasteiger partial charge is 0.309 e. The number of hydrogen-bond acceptors (Lipinski definition) is 3. The van der Waals surface area contributed by atoms with Crippen molar-refractivity contribution in [2.75, 3.05) is 0 Å². The number of benzene rings is 24. The van der Waals surface area contributed by atoms with Crippen LogP contribution in [0.4, 0.5) is 0 Å².